The molecule has 0 aromatic heterocycles. The maximum atomic E-state index is 5.83. The minimum Gasteiger partial charge on any atom is -0.493 e. The van der Waals surface area contributed by atoms with Crippen molar-refractivity contribution in [2.24, 2.45) is 11.7 Å². The zero-order valence-electron chi connectivity index (χ0n) is 10.2. The van der Waals surface area contributed by atoms with Gasteiger partial charge in [0.05, 0.1) is 6.61 Å². The molecule has 2 N–H and O–H groups in total. The summed E-state index contributed by atoms with van der Waals surface area (Å²) in [6.45, 7) is 1.45. The summed E-state index contributed by atoms with van der Waals surface area (Å²) in [5.74, 6) is 1.73. The fraction of sp³-hybridized carbons (Fsp3) is 0.571. The van der Waals surface area contributed by atoms with Crippen molar-refractivity contribution >= 4 is 12.4 Å². The minimum atomic E-state index is 0. The second kappa shape index (κ2) is 7.57. The van der Waals surface area contributed by atoms with Crippen LogP contribution in [-0.2, 0) is 6.54 Å². The molecule has 0 heterocycles. The smallest absolute Gasteiger partial charge is 0.119 e. The maximum absolute atomic E-state index is 5.83. The highest BCUT2D eigenvalue weighted by atomic mass is 35.5. The lowest BCUT2D eigenvalue weighted by Gasteiger charge is -2.21. The Morgan fingerprint density at radius 2 is 1.94 bits per heavy atom. The van der Waals surface area contributed by atoms with Gasteiger partial charge in [-0.3, -0.25) is 0 Å². The van der Waals surface area contributed by atoms with Gasteiger partial charge in [0.25, 0.3) is 0 Å². The van der Waals surface area contributed by atoms with Crippen molar-refractivity contribution in [2.45, 2.75) is 38.6 Å². The lowest BCUT2D eigenvalue weighted by atomic mass is 9.90. The summed E-state index contributed by atoms with van der Waals surface area (Å²) in [6, 6.07) is 8.11. The van der Waals surface area contributed by atoms with E-state index in [4.69, 9.17) is 10.5 Å². The van der Waals surface area contributed by atoms with Crippen LogP contribution in [0.15, 0.2) is 24.3 Å². The van der Waals surface area contributed by atoms with Crippen LogP contribution in [0.2, 0.25) is 0 Å². The summed E-state index contributed by atoms with van der Waals surface area (Å²) in [5, 5.41) is 0. The van der Waals surface area contributed by atoms with Gasteiger partial charge in [0.1, 0.15) is 5.75 Å². The Morgan fingerprint density at radius 3 is 2.65 bits per heavy atom. The monoisotopic (exact) mass is 255 g/mol. The average Bonchev–Trinajstić information content (AvgIpc) is 2.38. The molecule has 1 aliphatic rings. The van der Waals surface area contributed by atoms with Crippen molar-refractivity contribution in [3.05, 3.63) is 29.8 Å². The molecule has 1 aromatic rings. The largest absolute Gasteiger partial charge is 0.493 e. The van der Waals surface area contributed by atoms with Crippen LogP contribution in [-0.4, -0.2) is 6.61 Å². The van der Waals surface area contributed by atoms with E-state index in [1.165, 1.54) is 32.1 Å². The molecule has 1 saturated carbocycles. The molecular weight excluding hydrogens is 234 g/mol. The number of benzene rings is 1. The van der Waals surface area contributed by atoms with E-state index in [-0.39, 0.29) is 12.4 Å². The van der Waals surface area contributed by atoms with Crippen molar-refractivity contribution in [1.29, 1.82) is 0 Å². The molecule has 0 unspecified atom stereocenters. The maximum Gasteiger partial charge on any atom is 0.119 e. The molecule has 17 heavy (non-hydrogen) atoms. The van der Waals surface area contributed by atoms with Gasteiger partial charge in [0, 0.05) is 6.54 Å². The van der Waals surface area contributed by atoms with E-state index >= 15 is 0 Å². The van der Waals surface area contributed by atoms with Crippen molar-refractivity contribution in [3.63, 3.8) is 0 Å². The molecular formula is C14H22ClNO. The van der Waals surface area contributed by atoms with Gasteiger partial charge in [-0.25, -0.2) is 0 Å². The minimum absolute atomic E-state index is 0. The van der Waals surface area contributed by atoms with Crippen molar-refractivity contribution in [2.75, 3.05) is 6.61 Å². The summed E-state index contributed by atoms with van der Waals surface area (Å²) in [7, 11) is 0. The van der Waals surface area contributed by atoms with Crippen molar-refractivity contribution in [3.8, 4) is 5.75 Å². The third-order valence-electron chi connectivity index (χ3n) is 3.34. The third kappa shape index (κ3) is 4.57. The first-order valence-corrected chi connectivity index (χ1v) is 6.30. The number of hydrogen-bond acceptors (Lipinski definition) is 2. The summed E-state index contributed by atoms with van der Waals surface area (Å²) >= 11 is 0. The lowest BCUT2D eigenvalue weighted by Crippen LogP contribution is -2.15. The van der Waals surface area contributed by atoms with Crippen molar-refractivity contribution in [1.82, 2.24) is 0 Å². The SMILES string of the molecule is Cl.NCc1cccc(OCC2CCCCC2)c1. The van der Waals surface area contributed by atoms with Crippen LogP contribution in [0.3, 0.4) is 0 Å². The second-order valence-electron chi connectivity index (χ2n) is 4.67. The molecule has 0 radical (unpaired) electrons. The van der Waals surface area contributed by atoms with Crippen LogP contribution in [0.4, 0.5) is 0 Å². The second-order valence-corrected chi connectivity index (χ2v) is 4.67. The predicted molar refractivity (Wildman–Crippen MR) is 73.7 cm³/mol. The molecule has 2 rings (SSSR count). The molecule has 2 nitrogen and oxygen atoms in total. The summed E-state index contributed by atoms with van der Waals surface area (Å²) in [4.78, 5) is 0. The summed E-state index contributed by atoms with van der Waals surface area (Å²) in [5.41, 5.74) is 6.74. The zero-order chi connectivity index (χ0) is 11.2. The highest BCUT2D eigenvalue weighted by Crippen LogP contribution is 2.24. The van der Waals surface area contributed by atoms with Gasteiger partial charge >= 0.3 is 0 Å². The number of rotatable bonds is 4. The molecule has 1 aliphatic carbocycles. The van der Waals surface area contributed by atoms with Crippen LogP contribution in [0.1, 0.15) is 37.7 Å². The van der Waals surface area contributed by atoms with Gasteiger partial charge < -0.3 is 10.5 Å². The quantitative estimate of drug-likeness (QED) is 0.893. The molecule has 0 bridgehead atoms. The Bertz CT molecular complexity index is 324. The molecule has 0 saturated heterocycles. The predicted octanol–water partition coefficient (Wildman–Crippen LogP) is 3.53. The molecule has 0 atom stereocenters. The van der Waals surface area contributed by atoms with Crippen LogP contribution in [0, 0.1) is 5.92 Å². The molecule has 96 valence electrons. The van der Waals surface area contributed by atoms with E-state index in [1.54, 1.807) is 0 Å². The molecule has 0 spiro atoms. The normalized spacial score (nSPS) is 16.3. The highest BCUT2D eigenvalue weighted by Gasteiger charge is 2.13. The highest BCUT2D eigenvalue weighted by molar-refractivity contribution is 5.85. The Morgan fingerprint density at radius 1 is 1.18 bits per heavy atom. The topological polar surface area (TPSA) is 35.2 Å². The van der Waals surface area contributed by atoms with Crippen molar-refractivity contribution < 1.29 is 4.74 Å². The molecule has 3 heteroatoms. The fourth-order valence-electron chi connectivity index (χ4n) is 2.33. The Kier molecular flexibility index (Phi) is 6.38. The van der Waals surface area contributed by atoms with E-state index < -0.39 is 0 Å². The molecule has 0 amide bonds. The average molecular weight is 256 g/mol. The molecule has 1 fully saturated rings. The first-order chi connectivity index (χ1) is 7.88. The summed E-state index contributed by atoms with van der Waals surface area (Å²) < 4.78 is 5.83. The molecule has 1 aromatic carbocycles. The van der Waals surface area contributed by atoms with Crippen LogP contribution in [0.5, 0.6) is 5.75 Å². The fourth-order valence-corrected chi connectivity index (χ4v) is 2.33. The van der Waals surface area contributed by atoms with Gasteiger partial charge in [-0.15, -0.1) is 12.4 Å². The van der Waals surface area contributed by atoms with E-state index in [0.29, 0.717) is 6.54 Å². The van der Waals surface area contributed by atoms with Crippen LogP contribution < -0.4 is 10.5 Å². The van der Waals surface area contributed by atoms with Gasteiger partial charge in [-0.2, -0.15) is 0 Å². The lowest BCUT2D eigenvalue weighted by molar-refractivity contribution is 0.208. The van der Waals surface area contributed by atoms with E-state index in [0.717, 1.165) is 23.8 Å². The first kappa shape index (κ1) is 14.3. The molecule has 0 aliphatic heterocycles. The number of halogens is 1. The number of nitrogens with two attached hydrogens (primary N) is 1. The Hall–Kier alpha value is -0.730. The van der Waals surface area contributed by atoms with E-state index in [2.05, 4.69) is 0 Å². The summed E-state index contributed by atoms with van der Waals surface area (Å²) in [6.07, 6.45) is 6.81. The van der Waals surface area contributed by atoms with E-state index in [9.17, 15) is 0 Å². The Labute approximate surface area is 110 Å². The number of ether oxygens (including phenoxy) is 1. The zero-order valence-corrected chi connectivity index (χ0v) is 11.0. The van der Waals surface area contributed by atoms with E-state index in [1.807, 2.05) is 24.3 Å². The number of hydrogen-bond donors (Lipinski definition) is 1. The van der Waals surface area contributed by atoms with Crippen LogP contribution in [0.25, 0.3) is 0 Å². The standard InChI is InChI=1S/C14H21NO.ClH/c15-10-13-7-4-8-14(9-13)16-11-12-5-2-1-3-6-12;/h4,7-9,12H,1-3,5-6,10-11,15H2;1H. The third-order valence-corrected chi connectivity index (χ3v) is 3.34. The van der Waals surface area contributed by atoms with Gasteiger partial charge in [0.15, 0.2) is 0 Å². The first-order valence-electron chi connectivity index (χ1n) is 6.30. The van der Waals surface area contributed by atoms with Gasteiger partial charge in [0.2, 0.25) is 0 Å². The van der Waals surface area contributed by atoms with Crippen LogP contribution >= 0.6 is 12.4 Å². The van der Waals surface area contributed by atoms with Gasteiger partial charge in [-0.1, -0.05) is 31.4 Å². The van der Waals surface area contributed by atoms with Gasteiger partial charge in [-0.05, 0) is 36.5 Å². The Balaban J connectivity index is 0.00000144.